The maximum Gasteiger partial charge on any atom is 0.257 e. The molecule has 1 saturated carbocycles. The van der Waals surface area contributed by atoms with Gasteiger partial charge in [-0.2, -0.15) is 0 Å². The lowest BCUT2D eigenvalue weighted by atomic mass is 10.2. The van der Waals surface area contributed by atoms with Crippen molar-refractivity contribution >= 4 is 11.6 Å². The molecular weight excluding hydrogens is 216 g/mol. The van der Waals surface area contributed by atoms with E-state index in [2.05, 4.69) is 5.32 Å². The standard InChI is InChI=1S/C13H18N2O2/c1-9-11(14)3-2-4-12(9)17-8-13(16)15-7-10-5-6-10/h2-4,10H,5-8,14H2,1H3,(H,15,16). The van der Waals surface area contributed by atoms with Crippen LogP contribution in [0.25, 0.3) is 0 Å². The third kappa shape index (κ3) is 3.37. The molecule has 1 aromatic rings. The van der Waals surface area contributed by atoms with Crippen LogP contribution in [0.15, 0.2) is 18.2 Å². The predicted molar refractivity (Wildman–Crippen MR) is 66.8 cm³/mol. The van der Waals surface area contributed by atoms with Crippen LogP contribution in [-0.2, 0) is 4.79 Å². The van der Waals surface area contributed by atoms with Crippen molar-refractivity contribution in [1.29, 1.82) is 0 Å². The molecule has 0 aromatic heterocycles. The van der Waals surface area contributed by atoms with Gasteiger partial charge in [-0.05, 0) is 37.8 Å². The first-order valence-corrected chi connectivity index (χ1v) is 5.91. The minimum Gasteiger partial charge on any atom is -0.483 e. The van der Waals surface area contributed by atoms with Gasteiger partial charge < -0.3 is 15.8 Å². The first-order valence-electron chi connectivity index (χ1n) is 5.91. The number of nitrogens with two attached hydrogens (primary N) is 1. The fourth-order valence-corrected chi connectivity index (χ4v) is 1.56. The average molecular weight is 234 g/mol. The molecule has 1 aliphatic carbocycles. The molecule has 4 nitrogen and oxygen atoms in total. The molecule has 4 heteroatoms. The van der Waals surface area contributed by atoms with Gasteiger partial charge in [0.05, 0.1) is 0 Å². The summed E-state index contributed by atoms with van der Waals surface area (Å²) in [6.45, 7) is 2.71. The smallest absolute Gasteiger partial charge is 0.257 e. The third-order valence-electron chi connectivity index (χ3n) is 2.97. The van der Waals surface area contributed by atoms with Gasteiger partial charge in [0.2, 0.25) is 0 Å². The molecule has 2 rings (SSSR count). The van der Waals surface area contributed by atoms with E-state index in [4.69, 9.17) is 10.5 Å². The molecule has 0 atom stereocenters. The van der Waals surface area contributed by atoms with Crippen LogP contribution >= 0.6 is 0 Å². The summed E-state index contributed by atoms with van der Waals surface area (Å²) < 4.78 is 5.44. The van der Waals surface area contributed by atoms with Crippen LogP contribution in [0.2, 0.25) is 0 Å². The van der Waals surface area contributed by atoms with Crippen molar-refractivity contribution in [2.45, 2.75) is 19.8 Å². The van der Waals surface area contributed by atoms with E-state index < -0.39 is 0 Å². The summed E-state index contributed by atoms with van der Waals surface area (Å²) in [6, 6.07) is 5.45. The monoisotopic (exact) mass is 234 g/mol. The van der Waals surface area contributed by atoms with Crippen LogP contribution in [0.4, 0.5) is 5.69 Å². The topological polar surface area (TPSA) is 64.3 Å². The Bertz CT molecular complexity index is 414. The summed E-state index contributed by atoms with van der Waals surface area (Å²) in [6.07, 6.45) is 2.46. The van der Waals surface area contributed by atoms with E-state index in [0.29, 0.717) is 17.4 Å². The fourth-order valence-electron chi connectivity index (χ4n) is 1.56. The Labute approximate surface area is 101 Å². The van der Waals surface area contributed by atoms with E-state index in [9.17, 15) is 4.79 Å². The number of hydrogen-bond donors (Lipinski definition) is 2. The van der Waals surface area contributed by atoms with E-state index in [1.807, 2.05) is 25.1 Å². The van der Waals surface area contributed by atoms with Crippen LogP contribution in [0.3, 0.4) is 0 Å². The van der Waals surface area contributed by atoms with Crippen molar-refractivity contribution in [3.8, 4) is 5.75 Å². The average Bonchev–Trinajstić information content (AvgIpc) is 3.12. The SMILES string of the molecule is Cc1c(N)cccc1OCC(=O)NCC1CC1. The Kier molecular flexibility index (Phi) is 3.52. The van der Waals surface area contributed by atoms with Crippen LogP contribution in [0, 0.1) is 12.8 Å². The molecule has 1 aliphatic rings. The molecule has 17 heavy (non-hydrogen) atoms. The molecule has 0 radical (unpaired) electrons. The summed E-state index contributed by atoms with van der Waals surface area (Å²) in [5.41, 5.74) is 7.31. The largest absolute Gasteiger partial charge is 0.483 e. The number of amides is 1. The number of ether oxygens (including phenoxy) is 1. The number of carbonyl (C=O) groups is 1. The highest BCUT2D eigenvalue weighted by Crippen LogP contribution is 2.27. The molecular formula is C13H18N2O2. The Morgan fingerprint density at radius 1 is 1.53 bits per heavy atom. The molecule has 92 valence electrons. The van der Waals surface area contributed by atoms with Crippen LogP contribution in [0.5, 0.6) is 5.75 Å². The summed E-state index contributed by atoms with van der Waals surface area (Å²) in [4.78, 5) is 11.5. The number of anilines is 1. The maximum absolute atomic E-state index is 11.5. The number of hydrogen-bond acceptors (Lipinski definition) is 3. The predicted octanol–water partition coefficient (Wildman–Crippen LogP) is 1.48. The second-order valence-corrected chi connectivity index (χ2v) is 4.51. The third-order valence-corrected chi connectivity index (χ3v) is 2.97. The van der Waals surface area contributed by atoms with E-state index in [-0.39, 0.29) is 12.5 Å². The van der Waals surface area contributed by atoms with Crippen LogP contribution in [0.1, 0.15) is 18.4 Å². The molecule has 0 aliphatic heterocycles. The van der Waals surface area contributed by atoms with E-state index in [0.717, 1.165) is 12.1 Å². The van der Waals surface area contributed by atoms with Crippen LogP contribution < -0.4 is 15.8 Å². The maximum atomic E-state index is 11.5. The minimum absolute atomic E-state index is 0.0526. The van der Waals surface area contributed by atoms with Gasteiger partial charge in [0.1, 0.15) is 5.75 Å². The second-order valence-electron chi connectivity index (χ2n) is 4.51. The van der Waals surface area contributed by atoms with Gasteiger partial charge >= 0.3 is 0 Å². The van der Waals surface area contributed by atoms with Gasteiger partial charge in [-0.25, -0.2) is 0 Å². The zero-order valence-corrected chi connectivity index (χ0v) is 10.0. The molecule has 1 fully saturated rings. The lowest BCUT2D eigenvalue weighted by molar-refractivity contribution is -0.123. The molecule has 1 amide bonds. The molecule has 0 spiro atoms. The van der Waals surface area contributed by atoms with Gasteiger partial charge in [0.25, 0.3) is 5.91 Å². The van der Waals surface area contributed by atoms with Gasteiger partial charge in [0.15, 0.2) is 6.61 Å². The van der Waals surface area contributed by atoms with Crippen molar-refractivity contribution in [2.75, 3.05) is 18.9 Å². The lowest BCUT2D eigenvalue weighted by Gasteiger charge is -2.10. The molecule has 1 aromatic carbocycles. The summed E-state index contributed by atoms with van der Waals surface area (Å²) in [7, 11) is 0. The minimum atomic E-state index is -0.0706. The van der Waals surface area contributed by atoms with Gasteiger partial charge in [-0.3, -0.25) is 4.79 Å². The van der Waals surface area contributed by atoms with Gasteiger partial charge in [-0.15, -0.1) is 0 Å². The van der Waals surface area contributed by atoms with E-state index in [1.165, 1.54) is 12.8 Å². The number of benzene rings is 1. The normalized spacial score (nSPS) is 14.4. The number of nitrogens with one attached hydrogen (secondary N) is 1. The number of carbonyl (C=O) groups excluding carboxylic acids is 1. The van der Waals surface area contributed by atoms with Crippen molar-refractivity contribution in [2.24, 2.45) is 5.92 Å². The fraction of sp³-hybridized carbons (Fsp3) is 0.462. The first-order chi connectivity index (χ1) is 8.16. The Morgan fingerprint density at radius 3 is 3.00 bits per heavy atom. The summed E-state index contributed by atoms with van der Waals surface area (Å²) >= 11 is 0. The van der Waals surface area contributed by atoms with Crippen molar-refractivity contribution in [3.05, 3.63) is 23.8 Å². The highest BCUT2D eigenvalue weighted by atomic mass is 16.5. The van der Waals surface area contributed by atoms with Crippen molar-refractivity contribution in [1.82, 2.24) is 5.32 Å². The summed E-state index contributed by atoms with van der Waals surface area (Å²) in [5.74, 6) is 1.29. The first kappa shape index (κ1) is 11.8. The summed E-state index contributed by atoms with van der Waals surface area (Å²) in [5, 5.41) is 2.85. The molecule has 0 heterocycles. The second kappa shape index (κ2) is 5.08. The zero-order chi connectivity index (χ0) is 12.3. The highest BCUT2D eigenvalue weighted by molar-refractivity contribution is 5.77. The molecule has 0 bridgehead atoms. The molecule has 3 N–H and O–H groups in total. The van der Waals surface area contributed by atoms with Gasteiger partial charge in [0, 0.05) is 17.8 Å². The molecule has 0 unspecified atom stereocenters. The van der Waals surface area contributed by atoms with E-state index >= 15 is 0 Å². The number of rotatable bonds is 5. The highest BCUT2D eigenvalue weighted by Gasteiger charge is 2.21. The van der Waals surface area contributed by atoms with Gasteiger partial charge in [-0.1, -0.05) is 6.07 Å². The van der Waals surface area contributed by atoms with Crippen LogP contribution in [-0.4, -0.2) is 19.1 Å². The van der Waals surface area contributed by atoms with E-state index in [1.54, 1.807) is 0 Å². The Balaban J connectivity index is 1.79. The Hall–Kier alpha value is -1.71. The zero-order valence-electron chi connectivity index (χ0n) is 10.0. The molecule has 0 saturated heterocycles. The quantitative estimate of drug-likeness (QED) is 0.758. The van der Waals surface area contributed by atoms with Crippen molar-refractivity contribution < 1.29 is 9.53 Å². The number of nitrogen functional groups attached to an aromatic ring is 1. The lowest BCUT2D eigenvalue weighted by Crippen LogP contribution is -2.30. The van der Waals surface area contributed by atoms with Crippen molar-refractivity contribution in [3.63, 3.8) is 0 Å². The Morgan fingerprint density at radius 2 is 2.29 bits per heavy atom.